The third kappa shape index (κ3) is 5.23. The number of hydrogen-bond donors (Lipinski definition) is 1. The molecule has 1 rings (SSSR count). The fourth-order valence-electron chi connectivity index (χ4n) is 1.76. The molecule has 0 fully saturated rings. The average molecular weight is 310 g/mol. The molecule has 7 nitrogen and oxygen atoms in total. The summed E-state index contributed by atoms with van der Waals surface area (Å²) < 4.78 is 10.6. The van der Waals surface area contributed by atoms with Crippen LogP contribution in [0.1, 0.15) is 31.9 Å². The van der Waals surface area contributed by atoms with E-state index in [4.69, 9.17) is 9.47 Å². The van der Waals surface area contributed by atoms with Gasteiger partial charge in [0.05, 0.1) is 11.5 Å². The van der Waals surface area contributed by atoms with Gasteiger partial charge in [-0.05, 0) is 40.7 Å². The SMILES string of the molecule is Cc1c(OCCNC(=O)OC(C)(C)C)ccc([N+](=O)[O-])c1C. The molecule has 0 saturated heterocycles. The number of nitro benzene ring substituents is 1. The summed E-state index contributed by atoms with van der Waals surface area (Å²) in [6.45, 7) is 9.32. The number of hydrogen-bond acceptors (Lipinski definition) is 5. The number of benzene rings is 1. The number of carbonyl (C=O) groups is 1. The lowest BCUT2D eigenvalue weighted by atomic mass is 10.1. The van der Waals surface area contributed by atoms with E-state index >= 15 is 0 Å². The summed E-state index contributed by atoms with van der Waals surface area (Å²) >= 11 is 0. The van der Waals surface area contributed by atoms with Gasteiger partial charge in [-0.25, -0.2) is 4.79 Å². The summed E-state index contributed by atoms with van der Waals surface area (Å²) in [5, 5.41) is 13.4. The van der Waals surface area contributed by atoms with Gasteiger partial charge in [0.15, 0.2) is 0 Å². The summed E-state index contributed by atoms with van der Waals surface area (Å²) in [7, 11) is 0. The minimum absolute atomic E-state index is 0.0664. The van der Waals surface area contributed by atoms with Crippen LogP contribution in [0.5, 0.6) is 5.75 Å². The van der Waals surface area contributed by atoms with Crippen molar-refractivity contribution in [2.75, 3.05) is 13.2 Å². The Balaban J connectivity index is 2.51. The number of alkyl carbamates (subject to hydrolysis) is 1. The molecule has 1 aromatic rings. The fraction of sp³-hybridized carbons (Fsp3) is 0.533. The summed E-state index contributed by atoms with van der Waals surface area (Å²) in [6.07, 6.45) is -0.507. The van der Waals surface area contributed by atoms with Crippen molar-refractivity contribution >= 4 is 11.8 Å². The van der Waals surface area contributed by atoms with E-state index in [9.17, 15) is 14.9 Å². The number of rotatable bonds is 5. The molecule has 0 unspecified atom stereocenters. The van der Waals surface area contributed by atoms with Crippen LogP contribution in [0.2, 0.25) is 0 Å². The molecule has 0 saturated carbocycles. The Hall–Kier alpha value is -2.31. The molecular weight excluding hydrogens is 288 g/mol. The van der Waals surface area contributed by atoms with E-state index in [0.717, 1.165) is 0 Å². The van der Waals surface area contributed by atoms with E-state index in [1.807, 2.05) is 0 Å². The first-order valence-corrected chi connectivity index (χ1v) is 6.96. The third-order valence-electron chi connectivity index (χ3n) is 2.93. The Morgan fingerprint density at radius 2 is 1.91 bits per heavy atom. The molecule has 1 N–H and O–H groups in total. The van der Waals surface area contributed by atoms with Crippen molar-refractivity contribution in [1.82, 2.24) is 5.32 Å². The van der Waals surface area contributed by atoms with Crippen molar-refractivity contribution in [2.45, 2.75) is 40.2 Å². The van der Waals surface area contributed by atoms with Crippen LogP contribution >= 0.6 is 0 Å². The Bertz CT molecular complexity index is 564. The fourth-order valence-corrected chi connectivity index (χ4v) is 1.76. The number of nitro groups is 1. The van der Waals surface area contributed by atoms with E-state index in [2.05, 4.69) is 5.32 Å². The average Bonchev–Trinajstić information content (AvgIpc) is 2.36. The van der Waals surface area contributed by atoms with Crippen LogP contribution in [-0.2, 0) is 4.74 Å². The van der Waals surface area contributed by atoms with Crippen molar-refractivity contribution in [3.8, 4) is 5.75 Å². The van der Waals surface area contributed by atoms with Crippen LogP contribution in [0.25, 0.3) is 0 Å². The molecule has 1 aromatic carbocycles. The standard InChI is InChI=1S/C15H22N2O5/c1-10-11(2)13(7-6-12(10)17(19)20)21-9-8-16-14(18)22-15(3,4)5/h6-7H,8-9H2,1-5H3,(H,16,18). The molecule has 0 spiro atoms. The maximum atomic E-state index is 11.4. The second kappa shape index (κ2) is 7.11. The first-order chi connectivity index (χ1) is 10.1. The Morgan fingerprint density at radius 3 is 2.45 bits per heavy atom. The van der Waals surface area contributed by atoms with Crippen LogP contribution in [0.3, 0.4) is 0 Å². The number of amides is 1. The van der Waals surface area contributed by atoms with Gasteiger partial charge in [-0.1, -0.05) is 0 Å². The lowest BCUT2D eigenvalue weighted by molar-refractivity contribution is -0.385. The lowest BCUT2D eigenvalue weighted by Crippen LogP contribution is -2.34. The van der Waals surface area contributed by atoms with Crippen LogP contribution in [0, 0.1) is 24.0 Å². The molecular formula is C15H22N2O5. The van der Waals surface area contributed by atoms with Gasteiger partial charge >= 0.3 is 6.09 Å². The molecule has 0 aliphatic carbocycles. The molecule has 0 heterocycles. The summed E-state index contributed by atoms with van der Waals surface area (Å²) in [4.78, 5) is 21.9. The molecule has 0 aromatic heterocycles. The smallest absolute Gasteiger partial charge is 0.407 e. The zero-order valence-corrected chi connectivity index (χ0v) is 13.6. The highest BCUT2D eigenvalue weighted by molar-refractivity contribution is 5.67. The topological polar surface area (TPSA) is 90.7 Å². The Morgan fingerprint density at radius 1 is 1.27 bits per heavy atom. The van der Waals surface area contributed by atoms with Gasteiger partial charge in [0.25, 0.3) is 5.69 Å². The second-order valence-electron chi connectivity index (χ2n) is 5.87. The molecule has 0 atom stereocenters. The lowest BCUT2D eigenvalue weighted by Gasteiger charge is -2.19. The van der Waals surface area contributed by atoms with E-state index in [-0.39, 0.29) is 18.8 Å². The number of nitrogens with zero attached hydrogens (tertiary/aromatic N) is 1. The van der Waals surface area contributed by atoms with Crippen molar-refractivity contribution in [2.24, 2.45) is 0 Å². The van der Waals surface area contributed by atoms with Gasteiger partial charge in [-0.15, -0.1) is 0 Å². The number of nitrogens with one attached hydrogen (secondary N) is 1. The monoisotopic (exact) mass is 310 g/mol. The largest absolute Gasteiger partial charge is 0.491 e. The van der Waals surface area contributed by atoms with Crippen LogP contribution < -0.4 is 10.1 Å². The highest BCUT2D eigenvalue weighted by atomic mass is 16.6. The zero-order chi connectivity index (χ0) is 16.9. The second-order valence-corrected chi connectivity index (χ2v) is 5.87. The predicted octanol–water partition coefficient (Wildman–Crippen LogP) is 3.12. The minimum atomic E-state index is -0.545. The van der Waals surface area contributed by atoms with Crippen LogP contribution in [-0.4, -0.2) is 29.8 Å². The maximum absolute atomic E-state index is 11.4. The molecule has 0 aliphatic heterocycles. The van der Waals surface area contributed by atoms with Crippen molar-refractivity contribution in [3.05, 3.63) is 33.4 Å². The van der Waals surface area contributed by atoms with Gasteiger partial charge in [-0.2, -0.15) is 0 Å². The van der Waals surface area contributed by atoms with Crippen LogP contribution in [0.15, 0.2) is 12.1 Å². The molecule has 122 valence electrons. The number of carbonyl (C=O) groups excluding carboxylic acids is 1. The Labute approximate surface area is 129 Å². The Kier molecular flexibility index (Phi) is 5.73. The highest BCUT2D eigenvalue weighted by Gasteiger charge is 2.17. The van der Waals surface area contributed by atoms with Gasteiger partial charge < -0.3 is 14.8 Å². The zero-order valence-electron chi connectivity index (χ0n) is 13.6. The van der Waals surface area contributed by atoms with E-state index in [0.29, 0.717) is 16.9 Å². The first kappa shape index (κ1) is 17.7. The first-order valence-electron chi connectivity index (χ1n) is 6.96. The highest BCUT2D eigenvalue weighted by Crippen LogP contribution is 2.28. The molecule has 0 radical (unpaired) electrons. The van der Waals surface area contributed by atoms with Gasteiger partial charge in [0, 0.05) is 17.2 Å². The van der Waals surface area contributed by atoms with Gasteiger partial charge in [-0.3, -0.25) is 10.1 Å². The maximum Gasteiger partial charge on any atom is 0.407 e. The van der Waals surface area contributed by atoms with E-state index < -0.39 is 16.6 Å². The summed E-state index contributed by atoms with van der Waals surface area (Å²) in [5.41, 5.74) is 0.808. The van der Waals surface area contributed by atoms with Crippen molar-refractivity contribution in [1.29, 1.82) is 0 Å². The minimum Gasteiger partial charge on any atom is -0.491 e. The molecule has 0 bridgehead atoms. The quantitative estimate of drug-likeness (QED) is 0.512. The van der Waals surface area contributed by atoms with E-state index in [1.165, 1.54) is 6.07 Å². The summed E-state index contributed by atoms with van der Waals surface area (Å²) in [6, 6.07) is 2.98. The van der Waals surface area contributed by atoms with E-state index in [1.54, 1.807) is 40.7 Å². The summed E-state index contributed by atoms with van der Waals surface area (Å²) in [5.74, 6) is 0.564. The van der Waals surface area contributed by atoms with Crippen molar-refractivity contribution in [3.63, 3.8) is 0 Å². The molecule has 22 heavy (non-hydrogen) atoms. The van der Waals surface area contributed by atoms with Crippen LogP contribution in [0.4, 0.5) is 10.5 Å². The predicted molar refractivity (Wildman–Crippen MR) is 82.3 cm³/mol. The molecule has 7 heteroatoms. The van der Waals surface area contributed by atoms with Gasteiger partial charge in [0.2, 0.25) is 0 Å². The normalized spacial score (nSPS) is 11.0. The number of ether oxygens (including phenoxy) is 2. The van der Waals surface area contributed by atoms with Crippen molar-refractivity contribution < 1.29 is 19.2 Å². The van der Waals surface area contributed by atoms with Gasteiger partial charge in [0.1, 0.15) is 18.0 Å². The third-order valence-corrected chi connectivity index (χ3v) is 2.93. The molecule has 0 aliphatic rings. The molecule has 1 amide bonds.